The van der Waals surface area contributed by atoms with E-state index in [1.54, 1.807) is 31.2 Å². The quantitative estimate of drug-likeness (QED) is 0.566. The molecule has 0 unspecified atom stereocenters. The van der Waals surface area contributed by atoms with E-state index in [0.717, 1.165) is 16.9 Å². The molecule has 3 aromatic rings. The van der Waals surface area contributed by atoms with Gasteiger partial charge in [-0.1, -0.05) is 29.8 Å². The second kappa shape index (κ2) is 7.75. The third-order valence-electron chi connectivity index (χ3n) is 3.85. The van der Waals surface area contributed by atoms with Crippen LogP contribution in [0, 0.1) is 13.8 Å². The van der Waals surface area contributed by atoms with Gasteiger partial charge in [-0.25, -0.2) is 16.8 Å². The molecule has 28 heavy (non-hydrogen) atoms. The highest BCUT2D eigenvalue weighted by molar-refractivity contribution is 7.94. The Morgan fingerprint density at radius 1 is 0.857 bits per heavy atom. The molecule has 1 heterocycles. The molecule has 0 bridgehead atoms. The summed E-state index contributed by atoms with van der Waals surface area (Å²) >= 11 is 6.73. The van der Waals surface area contributed by atoms with Crippen LogP contribution in [0.1, 0.15) is 11.1 Å². The first-order valence-corrected chi connectivity index (χ1v) is 12.2. The Hall–Kier alpha value is -2.07. The Kier molecular flexibility index (Phi) is 5.72. The maximum absolute atomic E-state index is 12.7. The Labute approximate surface area is 173 Å². The number of hydrogen-bond donors (Lipinski definition) is 2. The van der Waals surface area contributed by atoms with Crippen molar-refractivity contribution in [3.8, 4) is 0 Å². The van der Waals surface area contributed by atoms with Gasteiger partial charge in [0.15, 0.2) is 0 Å². The van der Waals surface area contributed by atoms with E-state index in [2.05, 4.69) is 9.44 Å². The third kappa shape index (κ3) is 4.67. The van der Waals surface area contributed by atoms with Gasteiger partial charge >= 0.3 is 0 Å². The van der Waals surface area contributed by atoms with E-state index in [4.69, 9.17) is 11.6 Å². The fourth-order valence-corrected chi connectivity index (χ4v) is 6.12. The summed E-state index contributed by atoms with van der Waals surface area (Å²) in [5, 5.41) is 0. The van der Waals surface area contributed by atoms with Crippen molar-refractivity contribution in [2.45, 2.75) is 23.0 Å². The zero-order valence-electron chi connectivity index (χ0n) is 14.9. The van der Waals surface area contributed by atoms with Crippen LogP contribution >= 0.6 is 22.9 Å². The number of hydrogen-bond acceptors (Lipinski definition) is 5. The van der Waals surface area contributed by atoms with Gasteiger partial charge in [-0.2, -0.15) is 0 Å². The predicted octanol–water partition coefficient (Wildman–Crippen LogP) is 4.62. The van der Waals surface area contributed by atoms with Crippen molar-refractivity contribution in [2.24, 2.45) is 0 Å². The molecule has 10 heteroatoms. The maximum Gasteiger partial charge on any atom is 0.271 e. The average molecular weight is 457 g/mol. The molecule has 0 fully saturated rings. The SMILES string of the molecule is Cc1cccc(NS(=O)(=O)c2ccc(C)c(NS(=O)(=O)c3ccc(Cl)s3)c2)c1. The number of halogens is 1. The summed E-state index contributed by atoms with van der Waals surface area (Å²) < 4.78 is 55.8. The van der Waals surface area contributed by atoms with Gasteiger partial charge < -0.3 is 0 Å². The highest BCUT2D eigenvalue weighted by Gasteiger charge is 2.20. The van der Waals surface area contributed by atoms with E-state index in [0.29, 0.717) is 15.6 Å². The molecule has 0 radical (unpaired) electrons. The minimum Gasteiger partial charge on any atom is -0.280 e. The molecule has 0 spiro atoms. The van der Waals surface area contributed by atoms with Crippen molar-refractivity contribution >= 4 is 54.4 Å². The van der Waals surface area contributed by atoms with E-state index < -0.39 is 20.0 Å². The van der Waals surface area contributed by atoms with Gasteiger partial charge in [-0.05, 0) is 61.4 Å². The van der Waals surface area contributed by atoms with Crippen LogP contribution in [0.25, 0.3) is 0 Å². The summed E-state index contributed by atoms with van der Waals surface area (Å²) in [6.45, 7) is 3.54. The topological polar surface area (TPSA) is 92.3 Å². The molecule has 0 saturated carbocycles. The van der Waals surface area contributed by atoms with Crippen LogP contribution in [0.2, 0.25) is 4.34 Å². The van der Waals surface area contributed by atoms with Crippen LogP contribution in [0.15, 0.2) is 63.7 Å². The lowest BCUT2D eigenvalue weighted by Crippen LogP contribution is -2.15. The molecule has 0 saturated heterocycles. The number of nitrogens with one attached hydrogen (secondary N) is 2. The smallest absolute Gasteiger partial charge is 0.271 e. The summed E-state index contributed by atoms with van der Waals surface area (Å²) in [6, 6.07) is 14.1. The molecular weight excluding hydrogens is 440 g/mol. The van der Waals surface area contributed by atoms with Gasteiger partial charge in [0.05, 0.1) is 14.9 Å². The first kappa shape index (κ1) is 20.7. The molecule has 0 atom stereocenters. The maximum atomic E-state index is 12.7. The third-order valence-corrected chi connectivity index (χ3v) is 8.31. The van der Waals surface area contributed by atoms with Crippen molar-refractivity contribution in [3.05, 3.63) is 70.1 Å². The molecule has 0 aliphatic rings. The zero-order valence-corrected chi connectivity index (χ0v) is 18.1. The standard InChI is InChI=1S/C18H17ClN2O4S3/c1-12-4-3-5-14(10-12)20-27(22,23)15-7-6-13(2)16(11-15)21-28(24,25)18-9-8-17(19)26-18/h3-11,20-21H,1-2H3. The Bertz CT molecular complexity index is 1240. The van der Waals surface area contributed by atoms with Gasteiger partial charge in [0.25, 0.3) is 20.0 Å². The molecule has 6 nitrogen and oxygen atoms in total. The summed E-state index contributed by atoms with van der Waals surface area (Å²) in [7, 11) is -7.76. The fourth-order valence-electron chi connectivity index (χ4n) is 2.44. The van der Waals surface area contributed by atoms with Crippen LogP contribution in [-0.2, 0) is 20.0 Å². The van der Waals surface area contributed by atoms with Crippen molar-refractivity contribution < 1.29 is 16.8 Å². The van der Waals surface area contributed by atoms with Crippen molar-refractivity contribution in [1.82, 2.24) is 0 Å². The van der Waals surface area contributed by atoms with Gasteiger partial charge in [-0.3, -0.25) is 9.44 Å². The molecule has 148 valence electrons. The number of anilines is 2. The van der Waals surface area contributed by atoms with E-state index in [9.17, 15) is 16.8 Å². The second-order valence-corrected chi connectivity index (χ2v) is 11.4. The molecule has 3 rings (SSSR count). The molecule has 0 aliphatic carbocycles. The van der Waals surface area contributed by atoms with Gasteiger partial charge in [0.1, 0.15) is 4.21 Å². The predicted molar refractivity (Wildman–Crippen MR) is 113 cm³/mol. The van der Waals surface area contributed by atoms with Crippen molar-refractivity contribution in [3.63, 3.8) is 0 Å². The molecular formula is C18H17ClN2O4S3. The second-order valence-electron chi connectivity index (χ2n) is 6.12. The Morgan fingerprint density at radius 2 is 1.61 bits per heavy atom. The molecule has 2 aromatic carbocycles. The summed E-state index contributed by atoms with van der Waals surface area (Å²) in [4.78, 5) is -0.0541. The number of sulfonamides is 2. The van der Waals surface area contributed by atoms with E-state index in [1.807, 2.05) is 13.0 Å². The highest BCUT2D eigenvalue weighted by Crippen LogP contribution is 2.29. The molecule has 2 N–H and O–H groups in total. The monoisotopic (exact) mass is 456 g/mol. The van der Waals surface area contributed by atoms with E-state index in [-0.39, 0.29) is 14.8 Å². The van der Waals surface area contributed by atoms with Crippen LogP contribution < -0.4 is 9.44 Å². The lowest BCUT2D eigenvalue weighted by molar-refractivity contribution is 0.599. The minimum absolute atomic E-state index is 0.0445. The van der Waals surface area contributed by atoms with Gasteiger partial charge in [0.2, 0.25) is 0 Å². The summed E-state index contributed by atoms with van der Waals surface area (Å²) in [6.07, 6.45) is 0. The van der Waals surface area contributed by atoms with Crippen LogP contribution in [-0.4, -0.2) is 16.8 Å². The summed E-state index contributed by atoms with van der Waals surface area (Å²) in [5.41, 5.74) is 2.10. The number of aryl methyl sites for hydroxylation is 2. The number of rotatable bonds is 6. The first-order chi connectivity index (χ1) is 13.1. The van der Waals surface area contributed by atoms with Crippen molar-refractivity contribution in [1.29, 1.82) is 0 Å². The van der Waals surface area contributed by atoms with E-state index in [1.165, 1.54) is 24.3 Å². The zero-order chi connectivity index (χ0) is 20.5. The lowest BCUT2D eigenvalue weighted by atomic mass is 10.2. The van der Waals surface area contributed by atoms with Gasteiger partial charge in [0, 0.05) is 5.69 Å². The van der Waals surface area contributed by atoms with Crippen LogP contribution in [0.4, 0.5) is 11.4 Å². The summed E-state index contributed by atoms with van der Waals surface area (Å²) in [5.74, 6) is 0. The highest BCUT2D eigenvalue weighted by atomic mass is 35.5. The number of benzene rings is 2. The largest absolute Gasteiger partial charge is 0.280 e. The Balaban J connectivity index is 1.92. The number of thiophene rings is 1. The fraction of sp³-hybridized carbons (Fsp3) is 0.111. The van der Waals surface area contributed by atoms with Crippen LogP contribution in [0.5, 0.6) is 0 Å². The first-order valence-electron chi connectivity index (χ1n) is 8.05. The molecule has 0 amide bonds. The van der Waals surface area contributed by atoms with E-state index >= 15 is 0 Å². The van der Waals surface area contributed by atoms with Crippen LogP contribution in [0.3, 0.4) is 0 Å². The normalized spacial score (nSPS) is 12.0. The minimum atomic E-state index is -3.89. The lowest BCUT2D eigenvalue weighted by Gasteiger charge is -2.13. The molecule has 0 aliphatic heterocycles. The van der Waals surface area contributed by atoms with Gasteiger partial charge in [-0.15, -0.1) is 11.3 Å². The molecule has 1 aromatic heterocycles. The van der Waals surface area contributed by atoms with Crippen molar-refractivity contribution in [2.75, 3.05) is 9.44 Å². The Morgan fingerprint density at radius 3 is 2.25 bits per heavy atom. The average Bonchev–Trinajstić information content (AvgIpc) is 3.03.